The van der Waals surface area contributed by atoms with Crippen LogP contribution < -0.4 is 10.5 Å². The van der Waals surface area contributed by atoms with Crippen LogP contribution >= 0.6 is 11.3 Å². The Hall–Kier alpha value is -1.36. The van der Waals surface area contributed by atoms with Crippen LogP contribution in [0.5, 0.6) is 5.88 Å². The maximum absolute atomic E-state index is 6.13. The maximum Gasteiger partial charge on any atom is 0.227 e. The van der Waals surface area contributed by atoms with Crippen molar-refractivity contribution >= 4 is 27.5 Å². The van der Waals surface area contributed by atoms with Crippen molar-refractivity contribution in [2.45, 2.75) is 52.6 Å². The predicted molar refractivity (Wildman–Crippen MR) is 83.2 cm³/mol. The third kappa shape index (κ3) is 2.73. The Balaban J connectivity index is 1.84. The van der Waals surface area contributed by atoms with Crippen molar-refractivity contribution in [2.24, 2.45) is 5.41 Å². The van der Waals surface area contributed by atoms with Crippen LogP contribution in [0.15, 0.2) is 6.07 Å². The summed E-state index contributed by atoms with van der Waals surface area (Å²) in [5.41, 5.74) is 6.23. The largest absolute Gasteiger partial charge is 0.474 e. The van der Waals surface area contributed by atoms with Gasteiger partial charge in [-0.1, -0.05) is 13.8 Å². The van der Waals surface area contributed by atoms with Crippen LogP contribution in [0.2, 0.25) is 0 Å². The van der Waals surface area contributed by atoms with E-state index >= 15 is 0 Å². The molecule has 0 aromatic carbocycles. The third-order valence-corrected chi connectivity index (χ3v) is 5.01. The summed E-state index contributed by atoms with van der Waals surface area (Å²) in [6, 6.07) is 2.08. The van der Waals surface area contributed by atoms with Crippen LogP contribution in [0.3, 0.4) is 0 Å². The number of rotatable bonds is 2. The van der Waals surface area contributed by atoms with Crippen LogP contribution in [-0.4, -0.2) is 16.1 Å². The number of ether oxygens (including phenoxy) is 1. The van der Waals surface area contributed by atoms with Gasteiger partial charge in [-0.3, -0.25) is 0 Å². The zero-order chi connectivity index (χ0) is 14.3. The van der Waals surface area contributed by atoms with E-state index in [2.05, 4.69) is 36.8 Å². The number of thiophene rings is 1. The Bertz CT molecular complexity index is 625. The molecule has 0 amide bonds. The van der Waals surface area contributed by atoms with Crippen molar-refractivity contribution in [1.29, 1.82) is 0 Å². The summed E-state index contributed by atoms with van der Waals surface area (Å²) in [4.78, 5) is 10.7. The number of nitrogen functional groups attached to an aromatic ring is 1. The molecule has 0 spiro atoms. The molecule has 1 saturated carbocycles. The molecule has 2 aromatic rings. The zero-order valence-electron chi connectivity index (χ0n) is 12.3. The van der Waals surface area contributed by atoms with Gasteiger partial charge in [-0.2, -0.15) is 4.98 Å². The molecule has 1 aliphatic rings. The van der Waals surface area contributed by atoms with Gasteiger partial charge in [0.25, 0.3) is 0 Å². The fraction of sp³-hybridized carbons (Fsp3) is 0.600. The third-order valence-electron chi connectivity index (χ3n) is 4.06. The molecule has 2 N–H and O–H groups in total. The SMILES string of the molecule is Cc1cc2c(OC3CCC(C)(C)CC3)nc(N)nc2s1. The lowest BCUT2D eigenvalue weighted by atomic mass is 9.76. The van der Waals surface area contributed by atoms with Crippen molar-refractivity contribution in [3.63, 3.8) is 0 Å². The first-order chi connectivity index (χ1) is 9.43. The Morgan fingerprint density at radius 1 is 1.30 bits per heavy atom. The monoisotopic (exact) mass is 291 g/mol. The topological polar surface area (TPSA) is 61.0 Å². The normalized spacial score (nSPS) is 19.4. The Morgan fingerprint density at radius 3 is 2.70 bits per heavy atom. The summed E-state index contributed by atoms with van der Waals surface area (Å²) < 4.78 is 6.13. The molecule has 0 atom stereocenters. The molecule has 3 rings (SSSR count). The molecule has 20 heavy (non-hydrogen) atoms. The quantitative estimate of drug-likeness (QED) is 0.910. The molecule has 108 valence electrons. The van der Waals surface area contributed by atoms with Crippen molar-refractivity contribution in [3.05, 3.63) is 10.9 Å². The summed E-state index contributed by atoms with van der Waals surface area (Å²) in [7, 11) is 0. The van der Waals surface area contributed by atoms with Gasteiger partial charge < -0.3 is 10.5 Å². The van der Waals surface area contributed by atoms with Crippen LogP contribution in [0.1, 0.15) is 44.4 Å². The number of anilines is 1. The van der Waals surface area contributed by atoms with Gasteiger partial charge >= 0.3 is 0 Å². The number of nitrogens with zero attached hydrogens (tertiary/aromatic N) is 2. The zero-order valence-corrected chi connectivity index (χ0v) is 13.1. The maximum atomic E-state index is 6.13. The van der Waals surface area contributed by atoms with Gasteiger partial charge in [-0.15, -0.1) is 11.3 Å². The highest BCUT2D eigenvalue weighted by atomic mass is 32.1. The number of hydrogen-bond donors (Lipinski definition) is 1. The van der Waals surface area contributed by atoms with Gasteiger partial charge in [0.05, 0.1) is 5.39 Å². The molecule has 5 heteroatoms. The first kappa shape index (κ1) is 13.6. The summed E-state index contributed by atoms with van der Waals surface area (Å²) in [5.74, 6) is 0.951. The smallest absolute Gasteiger partial charge is 0.227 e. The fourth-order valence-electron chi connectivity index (χ4n) is 2.77. The van der Waals surface area contributed by atoms with E-state index < -0.39 is 0 Å². The molecule has 0 radical (unpaired) electrons. The molecule has 1 aliphatic carbocycles. The van der Waals surface area contributed by atoms with Gasteiger partial charge in [0.2, 0.25) is 11.8 Å². The summed E-state index contributed by atoms with van der Waals surface area (Å²) >= 11 is 1.63. The molecule has 0 saturated heterocycles. The Morgan fingerprint density at radius 2 is 2.00 bits per heavy atom. The van der Waals surface area contributed by atoms with Gasteiger partial charge in [-0.05, 0) is 44.1 Å². The van der Waals surface area contributed by atoms with E-state index in [1.54, 1.807) is 11.3 Å². The van der Waals surface area contributed by atoms with E-state index in [9.17, 15) is 0 Å². The number of hydrogen-bond acceptors (Lipinski definition) is 5. The van der Waals surface area contributed by atoms with Gasteiger partial charge in [0.1, 0.15) is 10.9 Å². The van der Waals surface area contributed by atoms with Gasteiger partial charge in [0.15, 0.2) is 0 Å². The van der Waals surface area contributed by atoms with E-state index in [-0.39, 0.29) is 6.10 Å². The second-order valence-corrected chi connectivity index (χ2v) is 7.68. The van der Waals surface area contributed by atoms with E-state index in [4.69, 9.17) is 10.5 Å². The predicted octanol–water partition coefficient (Wildman–Crippen LogP) is 3.93. The number of nitrogens with two attached hydrogens (primary N) is 1. The molecule has 0 unspecified atom stereocenters. The molecular formula is C15H21N3OS. The standard InChI is InChI=1S/C15H21N3OS/c1-9-8-11-12(17-14(16)18-13(11)20-9)19-10-4-6-15(2,3)7-5-10/h8,10H,4-7H2,1-3H3,(H2,16,17,18). The lowest BCUT2D eigenvalue weighted by Gasteiger charge is -2.34. The summed E-state index contributed by atoms with van der Waals surface area (Å²) in [5, 5.41) is 0.992. The Labute approximate surface area is 123 Å². The fourth-order valence-corrected chi connectivity index (χ4v) is 3.65. The average Bonchev–Trinajstić information content (AvgIpc) is 2.72. The van der Waals surface area contributed by atoms with Crippen LogP contribution in [0.4, 0.5) is 5.95 Å². The highest BCUT2D eigenvalue weighted by Crippen LogP contribution is 2.38. The van der Waals surface area contributed by atoms with Crippen LogP contribution in [0, 0.1) is 12.3 Å². The molecule has 4 nitrogen and oxygen atoms in total. The average molecular weight is 291 g/mol. The second kappa shape index (κ2) is 4.88. The van der Waals surface area contributed by atoms with Crippen LogP contribution in [-0.2, 0) is 0 Å². The molecule has 0 bridgehead atoms. The van der Waals surface area contributed by atoms with E-state index in [1.165, 1.54) is 17.7 Å². The lowest BCUT2D eigenvalue weighted by molar-refractivity contribution is 0.0964. The molecule has 0 aliphatic heterocycles. The van der Waals surface area contributed by atoms with Crippen molar-refractivity contribution in [2.75, 3.05) is 5.73 Å². The van der Waals surface area contributed by atoms with Gasteiger partial charge in [-0.25, -0.2) is 4.98 Å². The number of aromatic nitrogens is 2. The van der Waals surface area contributed by atoms with Crippen molar-refractivity contribution < 1.29 is 4.74 Å². The number of fused-ring (bicyclic) bond motifs is 1. The molecule has 2 aromatic heterocycles. The molecule has 2 heterocycles. The van der Waals surface area contributed by atoms with Crippen LogP contribution in [0.25, 0.3) is 10.2 Å². The van der Waals surface area contributed by atoms with Crippen molar-refractivity contribution in [3.8, 4) is 5.88 Å². The van der Waals surface area contributed by atoms with Gasteiger partial charge in [0, 0.05) is 4.88 Å². The minimum absolute atomic E-state index is 0.251. The summed E-state index contributed by atoms with van der Waals surface area (Å²) in [6.45, 7) is 6.72. The minimum atomic E-state index is 0.251. The minimum Gasteiger partial charge on any atom is -0.474 e. The van der Waals surface area contributed by atoms with Crippen molar-refractivity contribution in [1.82, 2.24) is 9.97 Å². The first-order valence-corrected chi connectivity index (χ1v) is 7.95. The van der Waals surface area contributed by atoms with E-state index in [1.807, 2.05) is 0 Å². The highest BCUT2D eigenvalue weighted by Gasteiger charge is 2.28. The van der Waals surface area contributed by atoms with E-state index in [0.717, 1.165) is 23.1 Å². The van der Waals surface area contributed by atoms with E-state index in [0.29, 0.717) is 17.2 Å². The molecule has 1 fully saturated rings. The Kier molecular flexibility index (Phi) is 3.32. The lowest BCUT2D eigenvalue weighted by Crippen LogP contribution is -2.28. The second-order valence-electron chi connectivity index (χ2n) is 6.44. The first-order valence-electron chi connectivity index (χ1n) is 7.13. The highest BCUT2D eigenvalue weighted by molar-refractivity contribution is 7.18. The number of aryl methyl sites for hydroxylation is 1. The molecular weight excluding hydrogens is 270 g/mol. The summed E-state index contributed by atoms with van der Waals surface area (Å²) in [6.07, 6.45) is 4.82.